The lowest BCUT2D eigenvalue weighted by Gasteiger charge is -2.07. The van der Waals surface area contributed by atoms with E-state index in [1.807, 2.05) is 0 Å². The molecule has 0 unspecified atom stereocenters. The Kier molecular flexibility index (Phi) is 3.52. The highest BCUT2D eigenvalue weighted by atomic mass is 19.4. The van der Waals surface area contributed by atoms with Crippen molar-refractivity contribution in [1.82, 2.24) is 5.16 Å². The van der Waals surface area contributed by atoms with Gasteiger partial charge in [-0.3, -0.25) is 0 Å². The maximum Gasteiger partial charge on any atom is 0.416 e. The number of nitrogens with zero attached hydrogens (tertiary/aromatic N) is 1. The summed E-state index contributed by atoms with van der Waals surface area (Å²) in [5.41, 5.74) is -0.682. The molecule has 0 aliphatic heterocycles. The van der Waals surface area contributed by atoms with E-state index in [2.05, 4.69) is 5.16 Å². The fraction of sp³-hybridized carbons (Fsp3) is 0.231. The summed E-state index contributed by atoms with van der Waals surface area (Å²) >= 11 is 0. The molecule has 20 heavy (non-hydrogen) atoms. The summed E-state index contributed by atoms with van der Waals surface area (Å²) in [5, 5.41) is 12.3. The summed E-state index contributed by atoms with van der Waals surface area (Å²) in [6.45, 7) is 1.68. The van der Waals surface area contributed by atoms with Gasteiger partial charge in [0.15, 0.2) is 11.5 Å². The van der Waals surface area contributed by atoms with Gasteiger partial charge in [-0.25, -0.2) is 4.79 Å². The average Bonchev–Trinajstić information content (AvgIpc) is 2.81. The monoisotopic (exact) mass is 285 g/mol. The summed E-state index contributed by atoms with van der Waals surface area (Å²) in [6, 6.07) is 4.50. The van der Waals surface area contributed by atoms with Gasteiger partial charge >= 0.3 is 12.1 Å². The second-order valence-electron chi connectivity index (χ2n) is 4.08. The van der Waals surface area contributed by atoms with Crippen molar-refractivity contribution in [3.05, 3.63) is 41.1 Å². The number of rotatable bonds is 3. The van der Waals surface area contributed by atoms with E-state index in [1.54, 1.807) is 6.92 Å². The van der Waals surface area contributed by atoms with E-state index in [1.165, 1.54) is 12.1 Å². The van der Waals surface area contributed by atoms with Crippen LogP contribution < -0.4 is 0 Å². The van der Waals surface area contributed by atoms with Crippen molar-refractivity contribution in [3.63, 3.8) is 0 Å². The quantitative estimate of drug-likeness (QED) is 0.935. The standard InChI is InChI=1S/C13H10F3NO3/c1-2-9-10(12(18)19)17-20-11(9)7-4-3-5-8(6-7)13(14,15)16/h3-6H,2H2,1H3,(H,18,19). The number of hydrogen-bond acceptors (Lipinski definition) is 3. The van der Waals surface area contributed by atoms with Crippen LogP contribution in [0.4, 0.5) is 13.2 Å². The van der Waals surface area contributed by atoms with Crippen LogP contribution in [0, 0.1) is 0 Å². The number of aromatic carboxylic acids is 1. The molecule has 0 aliphatic carbocycles. The normalized spacial score (nSPS) is 11.6. The first-order chi connectivity index (χ1) is 9.34. The molecule has 7 heteroatoms. The first-order valence-corrected chi connectivity index (χ1v) is 5.74. The summed E-state index contributed by atoms with van der Waals surface area (Å²) in [7, 11) is 0. The molecular weight excluding hydrogens is 275 g/mol. The van der Waals surface area contributed by atoms with Gasteiger partial charge in [0.2, 0.25) is 0 Å². The number of aromatic nitrogens is 1. The number of benzene rings is 1. The van der Waals surface area contributed by atoms with E-state index < -0.39 is 17.7 Å². The minimum Gasteiger partial charge on any atom is -0.476 e. The van der Waals surface area contributed by atoms with Crippen LogP contribution in [0.15, 0.2) is 28.8 Å². The van der Waals surface area contributed by atoms with Crippen molar-refractivity contribution in [2.45, 2.75) is 19.5 Å². The van der Waals surface area contributed by atoms with E-state index in [0.29, 0.717) is 0 Å². The van der Waals surface area contributed by atoms with Crippen LogP contribution in [0.1, 0.15) is 28.5 Å². The van der Waals surface area contributed by atoms with Gasteiger partial charge in [0.25, 0.3) is 0 Å². The van der Waals surface area contributed by atoms with Crippen LogP contribution in [0.25, 0.3) is 11.3 Å². The molecule has 0 atom stereocenters. The first-order valence-electron chi connectivity index (χ1n) is 5.74. The van der Waals surface area contributed by atoms with E-state index in [9.17, 15) is 18.0 Å². The minimum absolute atomic E-state index is 0.0519. The summed E-state index contributed by atoms with van der Waals surface area (Å²) in [6.07, 6.45) is -4.19. The molecule has 1 aromatic heterocycles. The molecule has 0 bridgehead atoms. The Morgan fingerprint density at radius 3 is 2.65 bits per heavy atom. The second-order valence-corrected chi connectivity index (χ2v) is 4.08. The van der Waals surface area contributed by atoms with Crippen LogP contribution in [0.2, 0.25) is 0 Å². The molecule has 4 nitrogen and oxygen atoms in total. The highest BCUT2D eigenvalue weighted by Crippen LogP contribution is 2.34. The third kappa shape index (κ3) is 2.52. The summed E-state index contributed by atoms with van der Waals surface area (Å²) in [5.74, 6) is -1.22. The van der Waals surface area contributed by atoms with Gasteiger partial charge in [-0.2, -0.15) is 13.2 Å². The maximum atomic E-state index is 12.7. The molecule has 0 saturated carbocycles. The van der Waals surface area contributed by atoms with Crippen LogP contribution in [-0.4, -0.2) is 16.2 Å². The van der Waals surface area contributed by atoms with Gasteiger partial charge in [-0.15, -0.1) is 0 Å². The molecule has 0 radical (unpaired) electrons. The zero-order valence-electron chi connectivity index (χ0n) is 10.4. The summed E-state index contributed by atoms with van der Waals surface area (Å²) < 4.78 is 42.9. The maximum absolute atomic E-state index is 12.7. The van der Waals surface area contributed by atoms with E-state index in [-0.39, 0.29) is 29.0 Å². The van der Waals surface area contributed by atoms with Crippen molar-refractivity contribution in [3.8, 4) is 11.3 Å². The fourth-order valence-corrected chi connectivity index (χ4v) is 1.87. The minimum atomic E-state index is -4.47. The Hall–Kier alpha value is -2.31. The number of hydrogen-bond donors (Lipinski definition) is 1. The molecule has 0 saturated heterocycles. The lowest BCUT2D eigenvalue weighted by Crippen LogP contribution is -2.04. The molecule has 2 rings (SSSR count). The number of halogens is 3. The van der Waals surface area contributed by atoms with E-state index in [4.69, 9.17) is 9.63 Å². The Morgan fingerprint density at radius 2 is 2.10 bits per heavy atom. The Labute approximate surface area is 111 Å². The topological polar surface area (TPSA) is 63.3 Å². The average molecular weight is 285 g/mol. The zero-order valence-corrected chi connectivity index (χ0v) is 10.4. The first kappa shape index (κ1) is 14.1. The van der Waals surface area contributed by atoms with Crippen molar-refractivity contribution in [2.75, 3.05) is 0 Å². The van der Waals surface area contributed by atoms with E-state index >= 15 is 0 Å². The molecule has 1 aromatic carbocycles. The third-order valence-corrected chi connectivity index (χ3v) is 2.80. The molecule has 0 amide bonds. The second kappa shape index (κ2) is 4.99. The molecule has 0 aliphatic rings. The number of carboxylic acids is 1. The molecule has 106 valence electrons. The van der Waals surface area contributed by atoms with Gasteiger partial charge in [0.05, 0.1) is 5.56 Å². The molecule has 1 N–H and O–H groups in total. The van der Waals surface area contributed by atoms with Gasteiger partial charge in [-0.1, -0.05) is 24.2 Å². The van der Waals surface area contributed by atoms with E-state index in [0.717, 1.165) is 12.1 Å². The Morgan fingerprint density at radius 1 is 1.40 bits per heavy atom. The Bertz CT molecular complexity index is 647. The van der Waals surface area contributed by atoms with Crippen LogP contribution in [0.5, 0.6) is 0 Å². The Balaban J connectivity index is 2.55. The van der Waals surface area contributed by atoms with Crippen molar-refractivity contribution >= 4 is 5.97 Å². The lowest BCUT2D eigenvalue weighted by molar-refractivity contribution is -0.137. The summed E-state index contributed by atoms with van der Waals surface area (Å²) in [4.78, 5) is 10.9. The number of alkyl halides is 3. The predicted molar refractivity (Wildman–Crippen MR) is 63.3 cm³/mol. The molecule has 2 aromatic rings. The largest absolute Gasteiger partial charge is 0.476 e. The van der Waals surface area contributed by atoms with Gasteiger partial charge in [0, 0.05) is 11.1 Å². The molecule has 0 spiro atoms. The predicted octanol–water partition coefficient (Wildman–Crippen LogP) is 3.62. The zero-order chi connectivity index (χ0) is 14.9. The molecule has 0 fully saturated rings. The van der Waals surface area contributed by atoms with Crippen LogP contribution >= 0.6 is 0 Å². The van der Waals surface area contributed by atoms with Crippen molar-refractivity contribution in [2.24, 2.45) is 0 Å². The van der Waals surface area contributed by atoms with Crippen molar-refractivity contribution in [1.29, 1.82) is 0 Å². The van der Waals surface area contributed by atoms with Crippen LogP contribution in [-0.2, 0) is 12.6 Å². The SMILES string of the molecule is CCc1c(C(=O)O)noc1-c1cccc(C(F)(F)F)c1. The third-order valence-electron chi connectivity index (χ3n) is 2.80. The molecule has 1 heterocycles. The van der Waals surface area contributed by atoms with Crippen LogP contribution in [0.3, 0.4) is 0 Å². The van der Waals surface area contributed by atoms with Gasteiger partial charge in [0.1, 0.15) is 0 Å². The smallest absolute Gasteiger partial charge is 0.416 e. The lowest BCUT2D eigenvalue weighted by atomic mass is 10.0. The van der Waals surface area contributed by atoms with Gasteiger partial charge < -0.3 is 9.63 Å². The highest BCUT2D eigenvalue weighted by molar-refractivity contribution is 5.89. The van der Waals surface area contributed by atoms with Crippen molar-refractivity contribution < 1.29 is 27.6 Å². The van der Waals surface area contributed by atoms with Gasteiger partial charge in [-0.05, 0) is 18.6 Å². The fourth-order valence-electron chi connectivity index (χ4n) is 1.87. The highest BCUT2D eigenvalue weighted by Gasteiger charge is 2.31. The number of carboxylic acid groups (broad SMARTS) is 1. The number of carbonyl (C=O) groups is 1. The molecular formula is C13H10F3NO3.